The quantitative estimate of drug-likeness (QED) is 0.515. The number of Topliss-reactive ketones (excluding diaryl/α,β-unsaturated/α-hetero) is 1. The molecule has 0 aliphatic carbocycles. The molecule has 29 heavy (non-hydrogen) atoms. The van der Waals surface area contributed by atoms with Crippen LogP contribution in [0.3, 0.4) is 0 Å². The Morgan fingerprint density at radius 3 is 2.38 bits per heavy atom. The number of halogens is 3. The molecule has 0 aliphatic heterocycles. The summed E-state index contributed by atoms with van der Waals surface area (Å²) in [7, 11) is 0. The molecule has 0 radical (unpaired) electrons. The standard InChI is InChI=1S/C20H19F3N2O4/c1-12-8-17(13(2)25(12)11-20(21,22)23)18(26)10-28-19(27)14(3)29-16-6-4-15(9-24)5-7-16/h4-8,14H,10-11H2,1-3H3/t14-/m0/s1. The van der Waals surface area contributed by atoms with Gasteiger partial charge in [-0.25, -0.2) is 4.79 Å². The number of benzene rings is 1. The summed E-state index contributed by atoms with van der Waals surface area (Å²) in [5.74, 6) is -1.06. The maximum atomic E-state index is 12.7. The highest BCUT2D eigenvalue weighted by atomic mass is 19.4. The van der Waals surface area contributed by atoms with Gasteiger partial charge >= 0.3 is 12.1 Å². The van der Waals surface area contributed by atoms with Gasteiger partial charge in [0.1, 0.15) is 12.3 Å². The Bertz CT molecular complexity index is 940. The van der Waals surface area contributed by atoms with Crippen LogP contribution < -0.4 is 4.74 Å². The average molecular weight is 408 g/mol. The summed E-state index contributed by atoms with van der Waals surface area (Å²) in [5, 5.41) is 8.75. The monoisotopic (exact) mass is 408 g/mol. The molecule has 9 heteroatoms. The highest BCUT2D eigenvalue weighted by Crippen LogP contribution is 2.23. The van der Waals surface area contributed by atoms with E-state index in [-0.39, 0.29) is 17.0 Å². The fourth-order valence-electron chi connectivity index (χ4n) is 2.70. The first-order valence-corrected chi connectivity index (χ1v) is 8.62. The number of alkyl halides is 3. The number of ether oxygens (including phenoxy) is 2. The number of nitrogens with zero attached hydrogens (tertiary/aromatic N) is 2. The van der Waals surface area contributed by atoms with Crippen molar-refractivity contribution in [3.63, 3.8) is 0 Å². The van der Waals surface area contributed by atoms with Gasteiger partial charge in [0.25, 0.3) is 0 Å². The number of carbonyl (C=O) groups excluding carboxylic acids is 2. The Hall–Kier alpha value is -3.28. The Kier molecular flexibility index (Phi) is 6.69. The van der Waals surface area contributed by atoms with E-state index in [9.17, 15) is 22.8 Å². The van der Waals surface area contributed by atoms with E-state index in [0.717, 1.165) is 4.57 Å². The Labute approximate surface area is 165 Å². The van der Waals surface area contributed by atoms with Crippen LogP contribution in [0, 0.1) is 25.2 Å². The molecule has 0 N–H and O–H groups in total. The highest BCUT2D eigenvalue weighted by molar-refractivity contribution is 5.99. The molecule has 154 valence electrons. The molecule has 0 fully saturated rings. The SMILES string of the molecule is Cc1cc(C(=O)COC(=O)[C@H](C)Oc2ccc(C#N)cc2)c(C)n1CC(F)(F)F. The van der Waals surface area contributed by atoms with Crippen LogP contribution in [0.2, 0.25) is 0 Å². The van der Waals surface area contributed by atoms with Gasteiger partial charge in [-0.3, -0.25) is 4.79 Å². The van der Waals surface area contributed by atoms with E-state index in [1.165, 1.54) is 51.1 Å². The summed E-state index contributed by atoms with van der Waals surface area (Å²) in [6.07, 6.45) is -5.44. The number of esters is 1. The van der Waals surface area contributed by atoms with Crippen molar-refractivity contribution >= 4 is 11.8 Å². The van der Waals surface area contributed by atoms with Crippen molar-refractivity contribution in [3.8, 4) is 11.8 Å². The molecule has 0 saturated heterocycles. The van der Waals surface area contributed by atoms with Crippen LogP contribution in [0.5, 0.6) is 5.75 Å². The maximum Gasteiger partial charge on any atom is 0.406 e. The second-order valence-electron chi connectivity index (χ2n) is 6.41. The number of hydrogen-bond donors (Lipinski definition) is 0. The van der Waals surface area contributed by atoms with Crippen molar-refractivity contribution in [2.24, 2.45) is 0 Å². The molecule has 0 unspecified atom stereocenters. The summed E-state index contributed by atoms with van der Waals surface area (Å²) < 4.78 is 49.3. The van der Waals surface area contributed by atoms with Crippen molar-refractivity contribution < 1.29 is 32.2 Å². The van der Waals surface area contributed by atoms with E-state index < -0.39 is 37.2 Å². The molecule has 1 aromatic carbocycles. The lowest BCUT2D eigenvalue weighted by molar-refractivity contribution is -0.149. The Morgan fingerprint density at radius 2 is 1.83 bits per heavy atom. The van der Waals surface area contributed by atoms with E-state index >= 15 is 0 Å². The molecule has 0 spiro atoms. The van der Waals surface area contributed by atoms with Crippen LogP contribution in [0.1, 0.15) is 34.2 Å². The predicted molar refractivity (Wildman–Crippen MR) is 96.5 cm³/mol. The molecule has 2 aromatic rings. The van der Waals surface area contributed by atoms with Crippen molar-refractivity contribution in [2.75, 3.05) is 6.61 Å². The Balaban J connectivity index is 1.96. The molecule has 0 amide bonds. The predicted octanol–water partition coefficient (Wildman–Crippen LogP) is 3.73. The van der Waals surface area contributed by atoms with Crippen molar-refractivity contribution in [2.45, 2.75) is 39.6 Å². The minimum Gasteiger partial charge on any atom is -0.479 e. The van der Waals surface area contributed by atoms with Gasteiger partial charge in [-0.2, -0.15) is 18.4 Å². The lowest BCUT2D eigenvalue weighted by Gasteiger charge is -2.14. The fourth-order valence-corrected chi connectivity index (χ4v) is 2.70. The minimum absolute atomic E-state index is 0.0696. The van der Waals surface area contributed by atoms with Gasteiger partial charge in [0.05, 0.1) is 11.6 Å². The second-order valence-corrected chi connectivity index (χ2v) is 6.41. The van der Waals surface area contributed by atoms with E-state index in [1.807, 2.05) is 6.07 Å². The van der Waals surface area contributed by atoms with E-state index in [2.05, 4.69) is 0 Å². The first-order valence-electron chi connectivity index (χ1n) is 8.62. The molecule has 0 bridgehead atoms. The number of rotatable bonds is 7. The van der Waals surface area contributed by atoms with Crippen LogP contribution in [0.15, 0.2) is 30.3 Å². The zero-order valence-corrected chi connectivity index (χ0v) is 16.0. The number of nitriles is 1. The summed E-state index contributed by atoms with van der Waals surface area (Å²) in [5.41, 5.74) is 0.941. The molecular formula is C20H19F3N2O4. The Morgan fingerprint density at radius 1 is 1.21 bits per heavy atom. The topological polar surface area (TPSA) is 81.3 Å². The molecule has 6 nitrogen and oxygen atoms in total. The third kappa shape index (κ3) is 5.85. The van der Waals surface area contributed by atoms with Crippen molar-refractivity contribution in [1.29, 1.82) is 5.26 Å². The van der Waals surface area contributed by atoms with E-state index in [1.54, 1.807) is 0 Å². The van der Waals surface area contributed by atoms with Crippen LogP contribution >= 0.6 is 0 Å². The lowest BCUT2D eigenvalue weighted by atomic mass is 10.1. The molecule has 2 rings (SSSR count). The second kappa shape index (κ2) is 8.82. The van der Waals surface area contributed by atoms with Crippen LogP contribution in [0.4, 0.5) is 13.2 Å². The summed E-state index contributed by atoms with van der Waals surface area (Å²) in [6.45, 7) is 2.49. The summed E-state index contributed by atoms with van der Waals surface area (Å²) in [4.78, 5) is 24.4. The van der Waals surface area contributed by atoms with Gasteiger partial charge in [-0.15, -0.1) is 0 Å². The van der Waals surface area contributed by atoms with Crippen LogP contribution in [-0.4, -0.2) is 35.2 Å². The largest absolute Gasteiger partial charge is 0.479 e. The number of aryl methyl sites for hydroxylation is 1. The first kappa shape index (κ1) is 22.0. The van der Waals surface area contributed by atoms with E-state index in [0.29, 0.717) is 11.3 Å². The normalized spacial score (nSPS) is 12.2. The summed E-state index contributed by atoms with van der Waals surface area (Å²) in [6, 6.07) is 9.37. The highest BCUT2D eigenvalue weighted by Gasteiger charge is 2.30. The van der Waals surface area contributed by atoms with Gasteiger partial charge < -0.3 is 14.0 Å². The third-order valence-corrected chi connectivity index (χ3v) is 4.19. The smallest absolute Gasteiger partial charge is 0.406 e. The minimum atomic E-state index is -4.42. The lowest BCUT2D eigenvalue weighted by Crippen LogP contribution is -2.28. The van der Waals surface area contributed by atoms with Crippen LogP contribution in [-0.2, 0) is 16.1 Å². The zero-order chi connectivity index (χ0) is 21.8. The van der Waals surface area contributed by atoms with Gasteiger partial charge in [-0.05, 0) is 51.1 Å². The van der Waals surface area contributed by atoms with Crippen molar-refractivity contribution in [3.05, 3.63) is 52.8 Å². The molecule has 1 aromatic heterocycles. The van der Waals surface area contributed by atoms with Gasteiger partial charge in [0.15, 0.2) is 12.7 Å². The number of hydrogen-bond acceptors (Lipinski definition) is 5. The summed E-state index contributed by atoms with van der Waals surface area (Å²) >= 11 is 0. The third-order valence-electron chi connectivity index (χ3n) is 4.19. The fraction of sp³-hybridized carbons (Fsp3) is 0.350. The van der Waals surface area contributed by atoms with Crippen LogP contribution in [0.25, 0.3) is 0 Å². The van der Waals surface area contributed by atoms with Gasteiger partial charge in [0, 0.05) is 17.0 Å². The number of aromatic nitrogens is 1. The van der Waals surface area contributed by atoms with Crippen molar-refractivity contribution in [1.82, 2.24) is 4.57 Å². The molecule has 0 aliphatic rings. The average Bonchev–Trinajstić information content (AvgIpc) is 2.93. The molecule has 1 heterocycles. The first-order chi connectivity index (χ1) is 13.5. The number of ketones is 1. The molecule has 1 atom stereocenters. The molecular weight excluding hydrogens is 389 g/mol. The van der Waals surface area contributed by atoms with Gasteiger partial charge in [0.2, 0.25) is 5.78 Å². The maximum absolute atomic E-state index is 12.7. The molecule has 0 saturated carbocycles. The van der Waals surface area contributed by atoms with Gasteiger partial charge in [-0.1, -0.05) is 0 Å². The zero-order valence-electron chi connectivity index (χ0n) is 16.0. The number of carbonyl (C=O) groups is 2. The van der Waals surface area contributed by atoms with E-state index in [4.69, 9.17) is 14.7 Å².